The van der Waals surface area contributed by atoms with Crippen LogP contribution in [0.3, 0.4) is 0 Å². The van der Waals surface area contributed by atoms with Gasteiger partial charge in [0.25, 0.3) is 5.91 Å². The van der Waals surface area contributed by atoms with E-state index in [4.69, 9.17) is 9.47 Å². The number of anilines is 1. The first-order valence-corrected chi connectivity index (χ1v) is 11.4. The maximum Gasteiger partial charge on any atom is 0.343 e. The number of nitrogens with one attached hydrogen (secondary N) is 1. The highest BCUT2D eigenvalue weighted by molar-refractivity contribution is 9.10. The lowest BCUT2D eigenvalue weighted by Gasteiger charge is -2.14. The molecule has 0 aliphatic heterocycles. The normalized spacial score (nSPS) is 10.8. The fourth-order valence-corrected chi connectivity index (χ4v) is 3.61. The highest BCUT2D eigenvalue weighted by Crippen LogP contribution is 2.38. The van der Waals surface area contributed by atoms with E-state index in [1.807, 2.05) is 6.07 Å². The van der Waals surface area contributed by atoms with Crippen molar-refractivity contribution < 1.29 is 19.1 Å². The van der Waals surface area contributed by atoms with Gasteiger partial charge in [0.2, 0.25) is 0 Å². The van der Waals surface area contributed by atoms with E-state index in [0.29, 0.717) is 33.6 Å². The van der Waals surface area contributed by atoms with Crippen LogP contribution in [0.2, 0.25) is 0 Å². The van der Waals surface area contributed by atoms with E-state index in [-0.39, 0.29) is 11.3 Å². The average Bonchev–Trinajstić information content (AvgIpc) is 2.81. The van der Waals surface area contributed by atoms with Crippen molar-refractivity contribution in [2.45, 2.75) is 6.92 Å². The summed E-state index contributed by atoms with van der Waals surface area (Å²) in [6.07, 6.45) is 1.43. The van der Waals surface area contributed by atoms with E-state index in [9.17, 15) is 14.9 Å². The minimum atomic E-state index is -0.548. The Balaban J connectivity index is 1.88. The van der Waals surface area contributed by atoms with Crippen LogP contribution >= 0.6 is 31.9 Å². The van der Waals surface area contributed by atoms with Crippen LogP contribution in [0.25, 0.3) is 6.08 Å². The minimum Gasteiger partial charge on any atom is -0.490 e. The zero-order valence-electron chi connectivity index (χ0n) is 17.5. The first kappa shape index (κ1) is 24.2. The standard InChI is InChI=1S/C25H18Br2N2O4/c1-2-32-22-14-16(12-18(15-28)24(30)29-20-10-8-19(26)9-11-20)13-21(27)23(22)33-25(31)17-6-4-3-5-7-17/h3-14H,2H2,1H3,(H,29,30)/b18-12+. The van der Waals surface area contributed by atoms with Gasteiger partial charge in [-0.2, -0.15) is 5.26 Å². The van der Waals surface area contributed by atoms with E-state index < -0.39 is 11.9 Å². The number of amides is 1. The molecule has 3 aromatic rings. The number of ether oxygens (including phenoxy) is 2. The largest absolute Gasteiger partial charge is 0.490 e. The molecule has 3 aromatic carbocycles. The van der Waals surface area contributed by atoms with E-state index >= 15 is 0 Å². The second kappa shape index (κ2) is 11.5. The number of nitrogens with zero attached hydrogens (tertiary/aromatic N) is 1. The van der Waals surface area contributed by atoms with Gasteiger partial charge in [-0.3, -0.25) is 4.79 Å². The average molecular weight is 570 g/mol. The van der Waals surface area contributed by atoms with Crippen molar-refractivity contribution in [1.29, 1.82) is 5.26 Å². The molecule has 0 aliphatic rings. The zero-order valence-corrected chi connectivity index (χ0v) is 20.6. The third-order valence-electron chi connectivity index (χ3n) is 4.31. The summed E-state index contributed by atoms with van der Waals surface area (Å²) in [6, 6.07) is 20.8. The molecule has 33 heavy (non-hydrogen) atoms. The molecule has 0 saturated heterocycles. The van der Waals surface area contributed by atoms with Crippen molar-refractivity contribution in [3.8, 4) is 17.6 Å². The third-order valence-corrected chi connectivity index (χ3v) is 5.43. The molecule has 0 spiro atoms. The van der Waals surface area contributed by atoms with Crippen LogP contribution in [0, 0.1) is 11.3 Å². The number of esters is 1. The van der Waals surface area contributed by atoms with Gasteiger partial charge in [-0.1, -0.05) is 34.1 Å². The summed E-state index contributed by atoms with van der Waals surface area (Å²) in [5.74, 6) is -0.575. The number of rotatable bonds is 7. The Morgan fingerprint density at radius 1 is 1.06 bits per heavy atom. The van der Waals surface area contributed by atoms with E-state index in [2.05, 4.69) is 37.2 Å². The third kappa shape index (κ3) is 6.54. The molecule has 0 aliphatic carbocycles. The Morgan fingerprint density at radius 3 is 2.39 bits per heavy atom. The van der Waals surface area contributed by atoms with Crippen LogP contribution in [-0.4, -0.2) is 18.5 Å². The topological polar surface area (TPSA) is 88.4 Å². The highest BCUT2D eigenvalue weighted by Gasteiger charge is 2.18. The molecular formula is C25H18Br2N2O4. The number of hydrogen-bond acceptors (Lipinski definition) is 5. The molecule has 0 unspecified atom stereocenters. The molecule has 0 saturated carbocycles. The summed E-state index contributed by atoms with van der Waals surface area (Å²) in [5, 5.41) is 12.2. The Bertz CT molecular complexity index is 1230. The molecule has 0 bridgehead atoms. The second-order valence-corrected chi connectivity index (χ2v) is 8.42. The Hall–Kier alpha value is -3.41. The lowest BCUT2D eigenvalue weighted by atomic mass is 10.1. The molecule has 1 amide bonds. The zero-order chi connectivity index (χ0) is 23.8. The van der Waals surface area contributed by atoms with E-state index in [1.165, 1.54) is 6.08 Å². The maximum atomic E-state index is 12.6. The van der Waals surface area contributed by atoms with Crippen molar-refractivity contribution in [2.24, 2.45) is 0 Å². The Kier molecular flexibility index (Phi) is 8.41. The van der Waals surface area contributed by atoms with Crippen LogP contribution in [0.1, 0.15) is 22.8 Å². The van der Waals surface area contributed by atoms with Gasteiger partial charge in [-0.15, -0.1) is 0 Å². The first-order valence-electron chi connectivity index (χ1n) is 9.83. The van der Waals surface area contributed by atoms with Crippen LogP contribution in [0.15, 0.2) is 81.2 Å². The van der Waals surface area contributed by atoms with Gasteiger partial charge in [0.05, 0.1) is 16.6 Å². The molecule has 8 heteroatoms. The second-order valence-electron chi connectivity index (χ2n) is 6.65. The molecule has 1 N–H and O–H groups in total. The van der Waals surface area contributed by atoms with Crippen molar-refractivity contribution >= 4 is 55.5 Å². The van der Waals surface area contributed by atoms with Crippen LogP contribution in [0.4, 0.5) is 5.69 Å². The van der Waals surface area contributed by atoms with Gasteiger partial charge in [0.1, 0.15) is 11.6 Å². The van der Waals surface area contributed by atoms with Gasteiger partial charge in [-0.05, 0) is 83.0 Å². The number of halogens is 2. The van der Waals surface area contributed by atoms with Crippen LogP contribution < -0.4 is 14.8 Å². The molecule has 0 radical (unpaired) electrons. The summed E-state index contributed by atoms with van der Waals surface area (Å²) in [5.41, 5.74) is 1.38. The summed E-state index contributed by atoms with van der Waals surface area (Å²) in [7, 11) is 0. The van der Waals surface area contributed by atoms with Crippen molar-refractivity contribution in [3.05, 3.63) is 92.4 Å². The van der Waals surface area contributed by atoms with Gasteiger partial charge >= 0.3 is 5.97 Å². The summed E-state index contributed by atoms with van der Waals surface area (Å²) >= 11 is 6.74. The van der Waals surface area contributed by atoms with Crippen molar-refractivity contribution in [1.82, 2.24) is 0 Å². The lowest BCUT2D eigenvalue weighted by molar-refractivity contribution is -0.112. The van der Waals surface area contributed by atoms with Crippen LogP contribution in [-0.2, 0) is 4.79 Å². The fraction of sp³-hybridized carbons (Fsp3) is 0.0800. The summed E-state index contributed by atoms with van der Waals surface area (Å²) in [4.78, 5) is 25.1. The summed E-state index contributed by atoms with van der Waals surface area (Å²) in [6.45, 7) is 2.12. The predicted molar refractivity (Wildman–Crippen MR) is 133 cm³/mol. The fourth-order valence-electron chi connectivity index (χ4n) is 2.81. The molecular weight excluding hydrogens is 552 g/mol. The number of carbonyl (C=O) groups is 2. The first-order chi connectivity index (χ1) is 15.9. The SMILES string of the molecule is CCOc1cc(/C=C(\C#N)C(=O)Nc2ccc(Br)cc2)cc(Br)c1OC(=O)c1ccccc1. The Labute approximate surface area is 208 Å². The van der Waals surface area contributed by atoms with Crippen molar-refractivity contribution in [2.75, 3.05) is 11.9 Å². The van der Waals surface area contributed by atoms with Crippen molar-refractivity contribution in [3.63, 3.8) is 0 Å². The van der Waals surface area contributed by atoms with Gasteiger partial charge < -0.3 is 14.8 Å². The maximum absolute atomic E-state index is 12.6. The van der Waals surface area contributed by atoms with Gasteiger partial charge in [0, 0.05) is 10.2 Å². The quantitative estimate of drug-likeness (QED) is 0.154. The molecule has 0 fully saturated rings. The summed E-state index contributed by atoms with van der Waals surface area (Å²) < 4.78 is 12.5. The minimum absolute atomic E-state index is 0.0960. The molecule has 6 nitrogen and oxygen atoms in total. The number of nitriles is 1. The molecule has 166 valence electrons. The van der Waals surface area contributed by atoms with Gasteiger partial charge in [-0.25, -0.2) is 4.79 Å². The predicted octanol–water partition coefficient (Wildman–Crippen LogP) is 6.38. The Morgan fingerprint density at radius 2 is 1.76 bits per heavy atom. The monoisotopic (exact) mass is 568 g/mol. The molecule has 0 atom stereocenters. The smallest absolute Gasteiger partial charge is 0.343 e. The van der Waals surface area contributed by atoms with Crippen LogP contribution in [0.5, 0.6) is 11.5 Å². The molecule has 0 aromatic heterocycles. The lowest BCUT2D eigenvalue weighted by Crippen LogP contribution is -2.13. The number of hydrogen-bond donors (Lipinski definition) is 1. The number of benzene rings is 3. The highest BCUT2D eigenvalue weighted by atomic mass is 79.9. The van der Waals surface area contributed by atoms with E-state index in [0.717, 1.165) is 4.47 Å². The number of carbonyl (C=O) groups excluding carboxylic acids is 2. The molecule has 0 heterocycles. The van der Waals surface area contributed by atoms with E-state index in [1.54, 1.807) is 73.7 Å². The van der Waals surface area contributed by atoms with Gasteiger partial charge in [0.15, 0.2) is 11.5 Å². The molecule has 3 rings (SSSR count).